The van der Waals surface area contributed by atoms with Gasteiger partial charge in [-0.2, -0.15) is 5.10 Å². The van der Waals surface area contributed by atoms with Crippen LogP contribution in [0.3, 0.4) is 0 Å². The molecule has 0 aliphatic heterocycles. The molecule has 21 heavy (non-hydrogen) atoms. The number of carbonyl (C=O) groups is 1. The highest BCUT2D eigenvalue weighted by Crippen LogP contribution is 2.13. The lowest BCUT2D eigenvalue weighted by atomic mass is 10.2. The first-order valence-corrected chi connectivity index (χ1v) is 6.99. The van der Waals surface area contributed by atoms with Crippen LogP contribution in [0.2, 0.25) is 0 Å². The molecule has 0 bridgehead atoms. The van der Waals surface area contributed by atoms with E-state index in [1.165, 1.54) is 0 Å². The average molecular weight is 286 g/mol. The number of hydrogen-bond acceptors (Lipinski definition) is 3. The number of carbonyl (C=O) groups excluding carboxylic acids is 1. The second-order valence-electron chi connectivity index (χ2n) is 5.41. The molecule has 1 aromatic carbocycles. The van der Waals surface area contributed by atoms with E-state index in [1.807, 2.05) is 68.0 Å². The maximum atomic E-state index is 12.1. The number of amides is 1. The number of anilines is 1. The fourth-order valence-corrected chi connectivity index (χ4v) is 2.19. The van der Waals surface area contributed by atoms with Gasteiger partial charge in [-0.15, -0.1) is 0 Å². The van der Waals surface area contributed by atoms with Crippen LogP contribution in [0, 0.1) is 13.8 Å². The van der Waals surface area contributed by atoms with Crippen molar-refractivity contribution in [2.75, 3.05) is 18.9 Å². The molecule has 2 rings (SSSR count). The van der Waals surface area contributed by atoms with Crippen molar-refractivity contribution in [1.82, 2.24) is 14.7 Å². The number of likely N-dealkylation sites (N-methyl/N-ethyl adjacent to an activating group) is 1. The van der Waals surface area contributed by atoms with Gasteiger partial charge in [0.05, 0.1) is 12.7 Å². The van der Waals surface area contributed by atoms with Gasteiger partial charge in [0.25, 0.3) is 0 Å². The predicted molar refractivity (Wildman–Crippen MR) is 84.1 cm³/mol. The first-order valence-electron chi connectivity index (χ1n) is 6.99. The van der Waals surface area contributed by atoms with Crippen LogP contribution < -0.4 is 5.32 Å². The second-order valence-corrected chi connectivity index (χ2v) is 5.41. The molecular formula is C16H22N4O. The van der Waals surface area contributed by atoms with E-state index in [0.717, 1.165) is 22.5 Å². The Hall–Kier alpha value is -2.14. The Balaban J connectivity index is 1.91. The van der Waals surface area contributed by atoms with E-state index in [1.54, 1.807) is 0 Å². The molecule has 1 N–H and O–H groups in total. The zero-order chi connectivity index (χ0) is 15.4. The number of nitrogens with zero attached hydrogens (tertiary/aromatic N) is 3. The highest BCUT2D eigenvalue weighted by atomic mass is 16.2. The third-order valence-corrected chi connectivity index (χ3v) is 3.61. The molecule has 0 saturated heterocycles. The predicted octanol–water partition coefficient (Wildman–Crippen LogP) is 2.11. The molecule has 0 atom stereocenters. The van der Waals surface area contributed by atoms with Crippen LogP contribution in [0.25, 0.3) is 0 Å². The van der Waals surface area contributed by atoms with E-state index >= 15 is 0 Å². The van der Waals surface area contributed by atoms with Gasteiger partial charge in [-0.25, -0.2) is 0 Å². The fraction of sp³-hybridized carbons (Fsp3) is 0.375. The van der Waals surface area contributed by atoms with E-state index in [4.69, 9.17) is 0 Å². The average Bonchev–Trinajstić information content (AvgIpc) is 2.73. The lowest BCUT2D eigenvalue weighted by Crippen LogP contribution is -2.30. The summed E-state index contributed by atoms with van der Waals surface area (Å²) in [5.74, 6) is -0.00616. The lowest BCUT2D eigenvalue weighted by Gasteiger charge is -2.16. The summed E-state index contributed by atoms with van der Waals surface area (Å²) in [7, 11) is 3.85. The maximum Gasteiger partial charge on any atom is 0.238 e. The molecule has 1 aromatic heterocycles. The van der Waals surface area contributed by atoms with Crippen molar-refractivity contribution in [2.24, 2.45) is 7.05 Å². The van der Waals surface area contributed by atoms with Crippen LogP contribution in [0.15, 0.2) is 30.5 Å². The molecule has 0 fully saturated rings. The van der Waals surface area contributed by atoms with Crippen LogP contribution in [-0.2, 0) is 18.4 Å². The summed E-state index contributed by atoms with van der Waals surface area (Å²) in [5.41, 5.74) is 4.20. The van der Waals surface area contributed by atoms with Gasteiger partial charge in [0.2, 0.25) is 5.91 Å². The van der Waals surface area contributed by atoms with Gasteiger partial charge >= 0.3 is 0 Å². The molecule has 1 amide bonds. The molecule has 5 nitrogen and oxygen atoms in total. The van der Waals surface area contributed by atoms with Crippen molar-refractivity contribution in [3.8, 4) is 0 Å². The van der Waals surface area contributed by atoms with Crippen LogP contribution >= 0.6 is 0 Å². The Morgan fingerprint density at radius 2 is 2.05 bits per heavy atom. The van der Waals surface area contributed by atoms with Crippen molar-refractivity contribution < 1.29 is 4.79 Å². The lowest BCUT2D eigenvalue weighted by molar-refractivity contribution is -0.117. The number of nitrogens with one attached hydrogen (secondary N) is 1. The Kier molecular flexibility index (Phi) is 4.75. The van der Waals surface area contributed by atoms with Crippen molar-refractivity contribution in [2.45, 2.75) is 20.4 Å². The molecule has 1 heterocycles. The number of para-hydroxylation sites is 1. The number of aromatic nitrogens is 2. The van der Waals surface area contributed by atoms with E-state index in [-0.39, 0.29) is 5.91 Å². The quantitative estimate of drug-likeness (QED) is 0.916. The van der Waals surface area contributed by atoms with Crippen LogP contribution in [-0.4, -0.2) is 34.2 Å². The topological polar surface area (TPSA) is 50.2 Å². The molecule has 0 spiro atoms. The summed E-state index contributed by atoms with van der Waals surface area (Å²) in [6.45, 7) is 5.07. The van der Waals surface area contributed by atoms with E-state index in [9.17, 15) is 4.79 Å². The summed E-state index contributed by atoms with van der Waals surface area (Å²) in [6, 6.07) is 7.78. The number of benzene rings is 1. The van der Waals surface area contributed by atoms with Gasteiger partial charge in [0, 0.05) is 30.5 Å². The Morgan fingerprint density at radius 1 is 1.33 bits per heavy atom. The van der Waals surface area contributed by atoms with Crippen LogP contribution in [0.5, 0.6) is 0 Å². The minimum atomic E-state index is -0.00616. The molecule has 0 aliphatic carbocycles. The van der Waals surface area contributed by atoms with E-state index < -0.39 is 0 Å². The monoisotopic (exact) mass is 286 g/mol. The van der Waals surface area contributed by atoms with Gasteiger partial charge in [0.15, 0.2) is 0 Å². The first kappa shape index (κ1) is 15.3. The Labute approximate surface area is 125 Å². The minimum Gasteiger partial charge on any atom is -0.325 e. The third-order valence-electron chi connectivity index (χ3n) is 3.61. The van der Waals surface area contributed by atoms with Gasteiger partial charge in [-0.05, 0) is 32.5 Å². The Bertz CT molecular complexity index is 633. The highest BCUT2D eigenvalue weighted by molar-refractivity contribution is 5.92. The standard InChI is InChI=1S/C16H22N4O/c1-12-7-5-6-8-15(12)18-16(21)11-19(3)10-14-9-17-20(4)13(14)2/h5-9H,10-11H2,1-4H3,(H,18,21). The van der Waals surface area contributed by atoms with E-state index in [2.05, 4.69) is 10.4 Å². The summed E-state index contributed by atoms with van der Waals surface area (Å²) in [6.07, 6.45) is 1.85. The molecule has 2 aromatic rings. The highest BCUT2D eigenvalue weighted by Gasteiger charge is 2.11. The van der Waals surface area contributed by atoms with E-state index in [0.29, 0.717) is 13.1 Å². The number of rotatable bonds is 5. The SMILES string of the molecule is Cc1ccccc1NC(=O)CN(C)Cc1cnn(C)c1C. The van der Waals surface area contributed by atoms with Gasteiger partial charge in [-0.3, -0.25) is 14.4 Å². The second kappa shape index (κ2) is 6.54. The molecule has 5 heteroatoms. The number of hydrogen-bond donors (Lipinski definition) is 1. The normalized spacial score (nSPS) is 10.9. The smallest absolute Gasteiger partial charge is 0.238 e. The van der Waals surface area contributed by atoms with Crippen molar-refractivity contribution >= 4 is 11.6 Å². The van der Waals surface area contributed by atoms with Crippen molar-refractivity contribution in [3.05, 3.63) is 47.3 Å². The van der Waals surface area contributed by atoms with Crippen LogP contribution in [0.4, 0.5) is 5.69 Å². The van der Waals surface area contributed by atoms with Gasteiger partial charge in [0.1, 0.15) is 0 Å². The minimum absolute atomic E-state index is 0.00616. The van der Waals surface area contributed by atoms with Gasteiger partial charge < -0.3 is 5.32 Å². The van der Waals surface area contributed by atoms with Crippen molar-refractivity contribution in [1.29, 1.82) is 0 Å². The van der Waals surface area contributed by atoms with Crippen LogP contribution in [0.1, 0.15) is 16.8 Å². The molecule has 0 saturated carbocycles. The Morgan fingerprint density at radius 3 is 2.67 bits per heavy atom. The molecular weight excluding hydrogens is 264 g/mol. The first-order chi connectivity index (χ1) is 9.97. The maximum absolute atomic E-state index is 12.1. The number of aryl methyl sites for hydroxylation is 2. The largest absolute Gasteiger partial charge is 0.325 e. The molecule has 0 unspecified atom stereocenters. The third kappa shape index (κ3) is 3.92. The summed E-state index contributed by atoms with van der Waals surface area (Å²) in [4.78, 5) is 14.1. The van der Waals surface area contributed by atoms with Crippen molar-refractivity contribution in [3.63, 3.8) is 0 Å². The summed E-state index contributed by atoms with van der Waals surface area (Å²) < 4.78 is 1.84. The zero-order valence-electron chi connectivity index (χ0n) is 13.1. The van der Waals surface area contributed by atoms with Gasteiger partial charge in [-0.1, -0.05) is 18.2 Å². The summed E-state index contributed by atoms with van der Waals surface area (Å²) in [5, 5.41) is 7.16. The zero-order valence-corrected chi connectivity index (χ0v) is 13.1. The molecule has 0 aliphatic rings. The molecule has 0 radical (unpaired) electrons. The summed E-state index contributed by atoms with van der Waals surface area (Å²) >= 11 is 0. The fourth-order valence-electron chi connectivity index (χ4n) is 2.19. The molecule has 112 valence electrons.